The molecule has 0 fully saturated rings. The molecule has 1 atom stereocenters. The summed E-state index contributed by atoms with van der Waals surface area (Å²) in [5, 5.41) is 0. The molecule has 0 heterocycles. The van der Waals surface area contributed by atoms with E-state index in [0.717, 1.165) is 29.9 Å². The van der Waals surface area contributed by atoms with E-state index >= 15 is 0 Å². The first-order valence-corrected chi connectivity index (χ1v) is 5.83. The third-order valence-corrected chi connectivity index (χ3v) is 2.37. The van der Waals surface area contributed by atoms with Gasteiger partial charge in [0.25, 0.3) is 0 Å². The number of hydrogen-bond acceptors (Lipinski definition) is 3. The predicted molar refractivity (Wildman–Crippen MR) is 70.7 cm³/mol. The predicted octanol–water partition coefficient (Wildman–Crippen LogP) is 2.54. The molecule has 3 heteroatoms. The summed E-state index contributed by atoms with van der Waals surface area (Å²) >= 11 is 0. The normalized spacial score (nSPS) is 11.9. The zero-order valence-corrected chi connectivity index (χ0v) is 10.6. The Balaban J connectivity index is 2.74. The van der Waals surface area contributed by atoms with Crippen molar-refractivity contribution in [2.24, 2.45) is 5.73 Å². The van der Waals surface area contributed by atoms with Crippen LogP contribution in [-0.4, -0.2) is 19.8 Å². The fourth-order valence-electron chi connectivity index (χ4n) is 1.58. The molecule has 0 bridgehead atoms. The molecule has 0 aromatic heterocycles. The quantitative estimate of drug-likeness (QED) is 0.583. The van der Waals surface area contributed by atoms with Crippen molar-refractivity contribution in [3.63, 3.8) is 0 Å². The number of hydrogen-bond donors (Lipinski definition) is 1. The minimum absolute atomic E-state index is 0.146. The van der Waals surface area contributed by atoms with Gasteiger partial charge in [0, 0.05) is 6.04 Å². The van der Waals surface area contributed by atoms with Crippen LogP contribution in [0, 0.1) is 0 Å². The maximum absolute atomic E-state index is 5.77. The minimum atomic E-state index is 0.146. The van der Waals surface area contributed by atoms with E-state index in [4.69, 9.17) is 15.2 Å². The van der Waals surface area contributed by atoms with E-state index in [-0.39, 0.29) is 6.04 Å². The Hall–Kier alpha value is -1.48. The van der Waals surface area contributed by atoms with Crippen LogP contribution in [0.4, 0.5) is 0 Å². The van der Waals surface area contributed by atoms with Gasteiger partial charge in [0.05, 0.1) is 13.7 Å². The number of methoxy groups -OCH3 is 1. The lowest BCUT2D eigenvalue weighted by Gasteiger charge is -2.12. The molecular weight excluding hydrogens is 214 g/mol. The summed E-state index contributed by atoms with van der Waals surface area (Å²) in [5.74, 6) is 1.52. The highest BCUT2D eigenvalue weighted by atomic mass is 16.5. The standard InChI is InChI=1S/C14H21NO2/c1-4-5-8-17-13-7-6-12(9-11(2)15)10-14(13)16-3/h4,6-7,10-11H,1,5,8-9,15H2,2-3H3. The minimum Gasteiger partial charge on any atom is -0.493 e. The SMILES string of the molecule is C=CCCOc1ccc(CC(C)N)cc1OC. The van der Waals surface area contributed by atoms with Crippen LogP contribution in [-0.2, 0) is 6.42 Å². The van der Waals surface area contributed by atoms with E-state index < -0.39 is 0 Å². The van der Waals surface area contributed by atoms with Gasteiger partial charge in [-0.05, 0) is 37.5 Å². The largest absolute Gasteiger partial charge is 0.493 e. The van der Waals surface area contributed by atoms with E-state index in [0.29, 0.717) is 6.61 Å². The van der Waals surface area contributed by atoms with Gasteiger partial charge in [-0.15, -0.1) is 6.58 Å². The van der Waals surface area contributed by atoms with Crippen molar-refractivity contribution < 1.29 is 9.47 Å². The van der Waals surface area contributed by atoms with E-state index in [2.05, 4.69) is 6.58 Å². The van der Waals surface area contributed by atoms with E-state index in [1.54, 1.807) is 7.11 Å². The first-order valence-electron chi connectivity index (χ1n) is 5.83. The molecular formula is C14H21NO2. The number of benzene rings is 1. The second-order valence-electron chi connectivity index (χ2n) is 4.09. The zero-order chi connectivity index (χ0) is 12.7. The summed E-state index contributed by atoms with van der Waals surface area (Å²) in [6, 6.07) is 6.08. The van der Waals surface area contributed by atoms with E-state index in [1.807, 2.05) is 31.2 Å². The first-order chi connectivity index (χ1) is 8.17. The summed E-state index contributed by atoms with van der Waals surface area (Å²) in [6.07, 6.45) is 3.49. The maximum Gasteiger partial charge on any atom is 0.161 e. The van der Waals surface area contributed by atoms with Crippen molar-refractivity contribution in [2.75, 3.05) is 13.7 Å². The molecule has 0 aliphatic carbocycles. The summed E-state index contributed by atoms with van der Waals surface area (Å²) < 4.78 is 10.9. The highest BCUT2D eigenvalue weighted by Crippen LogP contribution is 2.28. The van der Waals surface area contributed by atoms with Crippen molar-refractivity contribution >= 4 is 0 Å². The Bertz CT molecular complexity index is 361. The van der Waals surface area contributed by atoms with Gasteiger partial charge in [-0.2, -0.15) is 0 Å². The fraction of sp³-hybridized carbons (Fsp3) is 0.429. The van der Waals surface area contributed by atoms with Crippen molar-refractivity contribution in [1.82, 2.24) is 0 Å². The van der Waals surface area contributed by atoms with Crippen molar-refractivity contribution in [1.29, 1.82) is 0 Å². The summed E-state index contributed by atoms with van der Waals surface area (Å²) in [6.45, 7) is 6.26. The maximum atomic E-state index is 5.77. The molecule has 1 unspecified atom stereocenters. The van der Waals surface area contributed by atoms with Crippen LogP contribution < -0.4 is 15.2 Å². The number of ether oxygens (including phenoxy) is 2. The van der Waals surface area contributed by atoms with Crippen LogP contribution in [0.25, 0.3) is 0 Å². The third kappa shape index (κ3) is 4.49. The Kier molecular flexibility index (Phi) is 5.57. The average Bonchev–Trinajstić information content (AvgIpc) is 2.30. The van der Waals surface area contributed by atoms with E-state index in [9.17, 15) is 0 Å². The molecule has 0 aliphatic rings. The molecule has 3 nitrogen and oxygen atoms in total. The molecule has 1 aromatic rings. The fourth-order valence-corrected chi connectivity index (χ4v) is 1.58. The monoisotopic (exact) mass is 235 g/mol. The molecule has 0 spiro atoms. The molecule has 0 radical (unpaired) electrons. The smallest absolute Gasteiger partial charge is 0.161 e. The topological polar surface area (TPSA) is 44.5 Å². The van der Waals surface area contributed by atoms with Crippen LogP contribution in [0.15, 0.2) is 30.9 Å². The van der Waals surface area contributed by atoms with Gasteiger partial charge >= 0.3 is 0 Å². The van der Waals surface area contributed by atoms with Crippen molar-refractivity contribution in [3.8, 4) is 11.5 Å². The number of nitrogens with two attached hydrogens (primary N) is 1. The lowest BCUT2D eigenvalue weighted by molar-refractivity contribution is 0.299. The second-order valence-corrected chi connectivity index (χ2v) is 4.09. The Morgan fingerprint density at radius 3 is 2.76 bits per heavy atom. The third-order valence-electron chi connectivity index (χ3n) is 2.37. The van der Waals surface area contributed by atoms with Gasteiger partial charge in [-0.25, -0.2) is 0 Å². The molecule has 1 rings (SSSR count). The molecule has 17 heavy (non-hydrogen) atoms. The lowest BCUT2D eigenvalue weighted by atomic mass is 10.1. The van der Waals surface area contributed by atoms with Crippen LogP contribution in [0.1, 0.15) is 18.9 Å². The van der Waals surface area contributed by atoms with Crippen LogP contribution in [0.2, 0.25) is 0 Å². The number of rotatable bonds is 7. The molecule has 1 aromatic carbocycles. The zero-order valence-electron chi connectivity index (χ0n) is 10.6. The molecule has 0 amide bonds. The van der Waals surface area contributed by atoms with E-state index in [1.165, 1.54) is 0 Å². The van der Waals surface area contributed by atoms with Gasteiger partial charge < -0.3 is 15.2 Å². The Labute approximate surface area is 103 Å². The summed E-state index contributed by atoms with van der Waals surface area (Å²) in [4.78, 5) is 0. The van der Waals surface area contributed by atoms with Gasteiger partial charge in [-0.1, -0.05) is 12.1 Å². The summed E-state index contributed by atoms with van der Waals surface area (Å²) in [5.41, 5.74) is 6.93. The van der Waals surface area contributed by atoms with Crippen LogP contribution in [0.3, 0.4) is 0 Å². The van der Waals surface area contributed by atoms with Gasteiger partial charge in [0.2, 0.25) is 0 Å². The molecule has 2 N–H and O–H groups in total. The highest BCUT2D eigenvalue weighted by Gasteiger charge is 2.06. The second kappa shape index (κ2) is 6.97. The molecule has 0 saturated heterocycles. The Morgan fingerprint density at radius 1 is 1.41 bits per heavy atom. The van der Waals surface area contributed by atoms with Gasteiger partial charge in [0.1, 0.15) is 0 Å². The lowest BCUT2D eigenvalue weighted by Crippen LogP contribution is -2.17. The Morgan fingerprint density at radius 2 is 2.18 bits per heavy atom. The highest BCUT2D eigenvalue weighted by molar-refractivity contribution is 5.43. The molecule has 0 aliphatic heterocycles. The summed E-state index contributed by atoms with van der Waals surface area (Å²) in [7, 11) is 1.64. The van der Waals surface area contributed by atoms with Crippen LogP contribution in [0.5, 0.6) is 11.5 Å². The first kappa shape index (κ1) is 13.6. The molecule has 94 valence electrons. The van der Waals surface area contributed by atoms with Crippen LogP contribution >= 0.6 is 0 Å². The van der Waals surface area contributed by atoms with Crippen molar-refractivity contribution in [3.05, 3.63) is 36.4 Å². The van der Waals surface area contributed by atoms with Crippen molar-refractivity contribution in [2.45, 2.75) is 25.8 Å². The molecule has 0 saturated carbocycles. The van der Waals surface area contributed by atoms with Gasteiger partial charge in [-0.3, -0.25) is 0 Å². The van der Waals surface area contributed by atoms with Gasteiger partial charge in [0.15, 0.2) is 11.5 Å². The average molecular weight is 235 g/mol.